The normalized spacial score (nSPS) is 16.3. The van der Waals surface area contributed by atoms with Gasteiger partial charge in [0, 0.05) is 6.04 Å². The number of carbonyl (C=O) groups is 1. The highest BCUT2D eigenvalue weighted by Crippen LogP contribution is 2.12. The number of hydrogen-bond acceptors (Lipinski definition) is 3. The summed E-state index contributed by atoms with van der Waals surface area (Å²) < 4.78 is 5.79. The van der Waals surface area contributed by atoms with Crippen LogP contribution in [0.25, 0.3) is 0 Å². The van der Waals surface area contributed by atoms with E-state index in [1.807, 2.05) is 13.8 Å². The lowest BCUT2D eigenvalue weighted by atomic mass is 10.0. The van der Waals surface area contributed by atoms with Gasteiger partial charge in [-0.3, -0.25) is 10.1 Å². The number of hydrogen-bond donors (Lipinski definition) is 2. The Morgan fingerprint density at radius 3 is 2.37 bits per heavy atom. The van der Waals surface area contributed by atoms with Gasteiger partial charge in [-0.2, -0.15) is 0 Å². The van der Waals surface area contributed by atoms with E-state index < -0.39 is 5.54 Å². The van der Waals surface area contributed by atoms with Crippen molar-refractivity contribution in [3.8, 4) is 0 Å². The molecule has 0 aromatic carbocycles. The van der Waals surface area contributed by atoms with Crippen molar-refractivity contribution in [1.29, 1.82) is 0 Å². The Morgan fingerprint density at radius 1 is 1.26 bits per heavy atom. The maximum absolute atomic E-state index is 11.5. The zero-order chi connectivity index (χ0) is 14.9. The van der Waals surface area contributed by atoms with Gasteiger partial charge in [0.2, 0.25) is 5.91 Å². The summed E-state index contributed by atoms with van der Waals surface area (Å²) in [6, 6.07) is 0.195. The first-order chi connectivity index (χ1) is 8.81. The third kappa shape index (κ3) is 8.22. The van der Waals surface area contributed by atoms with E-state index in [0.29, 0.717) is 6.61 Å². The molecule has 2 unspecified atom stereocenters. The number of nitrogens with one attached hydrogen (secondary N) is 1. The van der Waals surface area contributed by atoms with E-state index in [9.17, 15) is 4.79 Å². The van der Waals surface area contributed by atoms with Crippen LogP contribution in [0.2, 0.25) is 0 Å². The minimum absolute atomic E-state index is 0.171. The molecule has 4 heteroatoms. The predicted octanol–water partition coefficient (Wildman–Crippen LogP) is 2.60. The quantitative estimate of drug-likeness (QED) is 0.568. The van der Waals surface area contributed by atoms with E-state index in [2.05, 4.69) is 19.2 Å². The van der Waals surface area contributed by atoms with E-state index in [1.165, 1.54) is 25.7 Å². The van der Waals surface area contributed by atoms with Gasteiger partial charge >= 0.3 is 0 Å². The zero-order valence-corrected chi connectivity index (χ0v) is 13.3. The first-order valence-corrected chi connectivity index (χ1v) is 7.51. The largest absolute Gasteiger partial charge is 0.376 e. The number of amides is 1. The highest BCUT2D eigenvalue weighted by molar-refractivity contribution is 5.84. The van der Waals surface area contributed by atoms with Crippen LogP contribution in [-0.4, -0.2) is 30.2 Å². The van der Waals surface area contributed by atoms with Crippen LogP contribution in [0, 0.1) is 0 Å². The van der Waals surface area contributed by atoms with Crippen molar-refractivity contribution in [2.75, 3.05) is 6.61 Å². The standard InChI is InChI=1S/C15H32N2O2/c1-6-7-8-9-10-13(4)19-11-15(5,14(16)18)17-12(2)3/h12-13,17H,6-11H2,1-5H3,(H2,16,18). The Balaban J connectivity index is 4.07. The SMILES string of the molecule is CCCCCCC(C)OCC(C)(NC(C)C)C(N)=O. The van der Waals surface area contributed by atoms with Crippen LogP contribution in [0.5, 0.6) is 0 Å². The molecule has 0 fully saturated rings. The Morgan fingerprint density at radius 2 is 1.89 bits per heavy atom. The fraction of sp³-hybridized carbons (Fsp3) is 0.933. The van der Waals surface area contributed by atoms with Gasteiger partial charge in [-0.1, -0.05) is 32.6 Å². The lowest BCUT2D eigenvalue weighted by Gasteiger charge is -2.30. The molecular formula is C15H32N2O2. The zero-order valence-electron chi connectivity index (χ0n) is 13.3. The van der Waals surface area contributed by atoms with Crippen LogP contribution >= 0.6 is 0 Å². The highest BCUT2D eigenvalue weighted by atomic mass is 16.5. The maximum Gasteiger partial charge on any atom is 0.239 e. The lowest BCUT2D eigenvalue weighted by molar-refractivity contribution is -0.127. The molecule has 0 aromatic rings. The summed E-state index contributed by atoms with van der Waals surface area (Å²) in [5.41, 5.74) is 4.68. The second-order valence-electron chi connectivity index (χ2n) is 5.97. The minimum Gasteiger partial charge on any atom is -0.376 e. The molecule has 0 saturated heterocycles. The number of ether oxygens (including phenoxy) is 1. The molecule has 0 aliphatic heterocycles. The van der Waals surface area contributed by atoms with Crippen molar-refractivity contribution >= 4 is 5.91 Å². The van der Waals surface area contributed by atoms with Crippen molar-refractivity contribution in [3.63, 3.8) is 0 Å². The average Bonchev–Trinajstić information content (AvgIpc) is 2.31. The van der Waals surface area contributed by atoms with E-state index in [1.54, 1.807) is 6.92 Å². The molecule has 4 nitrogen and oxygen atoms in total. The van der Waals surface area contributed by atoms with Crippen molar-refractivity contribution in [3.05, 3.63) is 0 Å². The molecule has 0 spiro atoms. The molecule has 0 bridgehead atoms. The highest BCUT2D eigenvalue weighted by Gasteiger charge is 2.32. The van der Waals surface area contributed by atoms with Crippen molar-refractivity contribution in [2.24, 2.45) is 5.73 Å². The third-order valence-electron chi connectivity index (χ3n) is 3.27. The summed E-state index contributed by atoms with van der Waals surface area (Å²) in [6.07, 6.45) is 6.16. The van der Waals surface area contributed by atoms with Crippen LogP contribution in [0.3, 0.4) is 0 Å². The minimum atomic E-state index is -0.786. The Labute approximate surface area is 118 Å². The van der Waals surface area contributed by atoms with Crippen LogP contribution in [0.15, 0.2) is 0 Å². The molecule has 2 atom stereocenters. The molecule has 0 aliphatic rings. The fourth-order valence-corrected chi connectivity index (χ4v) is 2.07. The van der Waals surface area contributed by atoms with Crippen LogP contribution < -0.4 is 11.1 Å². The second kappa shape index (κ2) is 9.32. The van der Waals surface area contributed by atoms with Crippen LogP contribution in [-0.2, 0) is 9.53 Å². The lowest BCUT2D eigenvalue weighted by Crippen LogP contribution is -2.58. The topological polar surface area (TPSA) is 64.3 Å². The number of unbranched alkanes of at least 4 members (excludes halogenated alkanes) is 3. The smallest absolute Gasteiger partial charge is 0.239 e. The van der Waals surface area contributed by atoms with Crippen LogP contribution in [0.4, 0.5) is 0 Å². The van der Waals surface area contributed by atoms with Gasteiger partial charge < -0.3 is 10.5 Å². The Hall–Kier alpha value is -0.610. The Kier molecular flexibility index (Phi) is 9.02. The van der Waals surface area contributed by atoms with Gasteiger partial charge in [0.1, 0.15) is 5.54 Å². The number of rotatable bonds is 11. The van der Waals surface area contributed by atoms with Gasteiger partial charge in [0.25, 0.3) is 0 Å². The molecule has 0 rings (SSSR count). The monoisotopic (exact) mass is 272 g/mol. The van der Waals surface area contributed by atoms with Gasteiger partial charge in [0.05, 0.1) is 12.7 Å². The predicted molar refractivity (Wildman–Crippen MR) is 80.0 cm³/mol. The first-order valence-electron chi connectivity index (χ1n) is 7.51. The van der Waals surface area contributed by atoms with E-state index in [-0.39, 0.29) is 18.1 Å². The second-order valence-corrected chi connectivity index (χ2v) is 5.97. The molecule has 3 N–H and O–H groups in total. The van der Waals surface area contributed by atoms with E-state index in [4.69, 9.17) is 10.5 Å². The number of carbonyl (C=O) groups excluding carboxylic acids is 1. The molecule has 0 radical (unpaired) electrons. The van der Waals surface area contributed by atoms with Gasteiger partial charge in [0.15, 0.2) is 0 Å². The summed E-state index contributed by atoms with van der Waals surface area (Å²) >= 11 is 0. The Bertz CT molecular complexity index is 257. The molecule has 1 amide bonds. The first kappa shape index (κ1) is 18.4. The summed E-state index contributed by atoms with van der Waals surface area (Å²) in [4.78, 5) is 11.5. The third-order valence-corrected chi connectivity index (χ3v) is 3.27. The summed E-state index contributed by atoms with van der Waals surface area (Å²) in [7, 11) is 0. The molecule has 0 heterocycles. The summed E-state index contributed by atoms with van der Waals surface area (Å²) in [6.45, 7) is 10.4. The van der Waals surface area contributed by atoms with Crippen molar-refractivity contribution in [2.45, 2.75) is 84.4 Å². The molecule has 19 heavy (non-hydrogen) atoms. The van der Waals surface area contributed by atoms with Crippen molar-refractivity contribution < 1.29 is 9.53 Å². The van der Waals surface area contributed by atoms with Gasteiger partial charge in [-0.25, -0.2) is 0 Å². The maximum atomic E-state index is 11.5. The average molecular weight is 272 g/mol. The number of nitrogens with two attached hydrogens (primary N) is 1. The molecule has 114 valence electrons. The number of primary amides is 1. The van der Waals surface area contributed by atoms with Crippen LogP contribution in [0.1, 0.15) is 66.7 Å². The van der Waals surface area contributed by atoms with Crippen molar-refractivity contribution in [1.82, 2.24) is 5.32 Å². The molecule has 0 aliphatic carbocycles. The van der Waals surface area contributed by atoms with Gasteiger partial charge in [-0.05, 0) is 34.1 Å². The summed E-state index contributed by atoms with van der Waals surface area (Å²) in [5, 5.41) is 3.19. The molecular weight excluding hydrogens is 240 g/mol. The summed E-state index contributed by atoms with van der Waals surface area (Å²) in [5.74, 6) is -0.362. The fourth-order valence-electron chi connectivity index (χ4n) is 2.07. The molecule has 0 aromatic heterocycles. The van der Waals surface area contributed by atoms with E-state index in [0.717, 1.165) is 6.42 Å². The molecule has 0 saturated carbocycles. The van der Waals surface area contributed by atoms with E-state index >= 15 is 0 Å². The van der Waals surface area contributed by atoms with Gasteiger partial charge in [-0.15, -0.1) is 0 Å².